The Balaban J connectivity index is 1.79. The zero-order chi connectivity index (χ0) is 18.9. The minimum Gasteiger partial charge on any atom is -0.378 e. The fourth-order valence-corrected chi connectivity index (χ4v) is 4.64. The molecule has 1 heterocycles. The highest BCUT2D eigenvalue weighted by atomic mass is 16.5. The Bertz CT molecular complexity index is 720. The van der Waals surface area contributed by atoms with Crippen molar-refractivity contribution in [1.29, 1.82) is 0 Å². The molecule has 6 nitrogen and oxygen atoms in total. The summed E-state index contributed by atoms with van der Waals surface area (Å²) >= 11 is 0. The molecule has 6 heteroatoms. The van der Waals surface area contributed by atoms with Gasteiger partial charge in [-0.2, -0.15) is 0 Å². The molecule has 144 valence electrons. The van der Waals surface area contributed by atoms with Crippen molar-refractivity contribution < 1.29 is 9.53 Å². The van der Waals surface area contributed by atoms with Crippen LogP contribution in [0.4, 0.5) is 0 Å². The van der Waals surface area contributed by atoms with Crippen LogP contribution in [0.1, 0.15) is 87.1 Å². The number of amides is 1. The SMILES string of the molecule is CCO[C@H]1C[C@H](NC(=O)c2c(C)nc(C(C)C)[nH]c2=O)C12CCCCC2. The summed E-state index contributed by atoms with van der Waals surface area (Å²) in [5.74, 6) is 0.423. The zero-order valence-corrected chi connectivity index (χ0v) is 16.4. The predicted molar refractivity (Wildman–Crippen MR) is 100 cm³/mol. The van der Waals surface area contributed by atoms with Crippen molar-refractivity contribution >= 4 is 5.91 Å². The quantitative estimate of drug-likeness (QED) is 0.844. The molecule has 0 saturated heterocycles. The first-order valence-electron chi connectivity index (χ1n) is 9.92. The lowest BCUT2D eigenvalue weighted by Crippen LogP contribution is -2.65. The van der Waals surface area contributed by atoms with E-state index in [1.165, 1.54) is 19.3 Å². The third-order valence-electron chi connectivity index (χ3n) is 6.14. The molecule has 0 radical (unpaired) electrons. The van der Waals surface area contributed by atoms with Gasteiger partial charge in [0, 0.05) is 24.0 Å². The van der Waals surface area contributed by atoms with Gasteiger partial charge in [0.05, 0.1) is 11.8 Å². The number of hydrogen-bond acceptors (Lipinski definition) is 4. The van der Waals surface area contributed by atoms with Crippen LogP contribution in [-0.4, -0.2) is 34.6 Å². The molecule has 0 bridgehead atoms. The van der Waals surface area contributed by atoms with Crippen LogP contribution in [-0.2, 0) is 4.74 Å². The second-order valence-electron chi connectivity index (χ2n) is 8.07. The first kappa shape index (κ1) is 19.1. The molecule has 0 aromatic carbocycles. The van der Waals surface area contributed by atoms with Crippen molar-refractivity contribution in [3.05, 3.63) is 27.4 Å². The second-order valence-corrected chi connectivity index (χ2v) is 8.07. The van der Waals surface area contributed by atoms with Crippen LogP contribution in [0.3, 0.4) is 0 Å². The average molecular weight is 361 g/mol. The summed E-state index contributed by atoms with van der Waals surface area (Å²) in [6, 6.07) is 0.0791. The van der Waals surface area contributed by atoms with Crippen molar-refractivity contribution in [1.82, 2.24) is 15.3 Å². The molecule has 1 aromatic rings. The molecular formula is C20H31N3O3. The lowest BCUT2D eigenvalue weighted by atomic mass is 9.55. The van der Waals surface area contributed by atoms with E-state index in [0.29, 0.717) is 18.1 Å². The molecule has 2 saturated carbocycles. The van der Waals surface area contributed by atoms with Gasteiger partial charge in [0.1, 0.15) is 11.4 Å². The fraction of sp³-hybridized carbons (Fsp3) is 0.750. The standard InChI is InChI=1S/C20H31N3O3/c1-5-26-15-11-14(20(15)9-7-6-8-10-20)22-18(24)16-13(4)21-17(12(2)3)23-19(16)25/h12,14-15H,5-11H2,1-4H3,(H,22,24)(H,21,23,25)/t14-,15-/m0/s1. The van der Waals surface area contributed by atoms with E-state index in [-0.39, 0.29) is 40.5 Å². The van der Waals surface area contributed by atoms with Crippen LogP contribution in [0.5, 0.6) is 0 Å². The van der Waals surface area contributed by atoms with Gasteiger partial charge in [0.2, 0.25) is 0 Å². The van der Waals surface area contributed by atoms with Crippen molar-refractivity contribution in [2.24, 2.45) is 5.41 Å². The van der Waals surface area contributed by atoms with E-state index < -0.39 is 0 Å². The summed E-state index contributed by atoms with van der Waals surface area (Å²) in [7, 11) is 0. The van der Waals surface area contributed by atoms with E-state index in [0.717, 1.165) is 19.3 Å². The Hall–Kier alpha value is -1.69. The maximum absolute atomic E-state index is 12.8. The van der Waals surface area contributed by atoms with Crippen LogP contribution in [0.15, 0.2) is 4.79 Å². The van der Waals surface area contributed by atoms with Gasteiger partial charge in [-0.05, 0) is 33.1 Å². The Morgan fingerprint density at radius 1 is 1.35 bits per heavy atom. The zero-order valence-electron chi connectivity index (χ0n) is 16.4. The van der Waals surface area contributed by atoms with Crippen molar-refractivity contribution in [2.45, 2.75) is 84.3 Å². The molecule has 0 aliphatic heterocycles. The van der Waals surface area contributed by atoms with Crippen molar-refractivity contribution in [3.8, 4) is 0 Å². The number of nitrogens with one attached hydrogen (secondary N) is 2. The summed E-state index contributed by atoms with van der Waals surface area (Å²) in [5.41, 5.74) is 0.321. The van der Waals surface area contributed by atoms with Gasteiger partial charge in [-0.15, -0.1) is 0 Å². The third kappa shape index (κ3) is 3.31. The molecule has 26 heavy (non-hydrogen) atoms. The van der Waals surface area contributed by atoms with Crippen molar-refractivity contribution in [3.63, 3.8) is 0 Å². The smallest absolute Gasteiger partial charge is 0.264 e. The highest BCUT2D eigenvalue weighted by Crippen LogP contribution is 2.53. The maximum Gasteiger partial charge on any atom is 0.264 e. The summed E-state index contributed by atoms with van der Waals surface area (Å²) < 4.78 is 5.95. The van der Waals surface area contributed by atoms with Gasteiger partial charge in [-0.25, -0.2) is 4.98 Å². The summed E-state index contributed by atoms with van der Waals surface area (Å²) in [6.45, 7) is 8.38. The number of rotatable bonds is 5. The maximum atomic E-state index is 12.8. The molecule has 1 spiro atoms. The second kappa shape index (κ2) is 7.51. The first-order valence-corrected chi connectivity index (χ1v) is 9.92. The molecule has 2 atom stereocenters. The van der Waals surface area contributed by atoms with Gasteiger partial charge < -0.3 is 15.0 Å². The van der Waals surface area contributed by atoms with Crippen LogP contribution < -0.4 is 10.9 Å². The Kier molecular flexibility index (Phi) is 5.51. The average Bonchev–Trinajstić information content (AvgIpc) is 2.61. The Morgan fingerprint density at radius 2 is 2.04 bits per heavy atom. The summed E-state index contributed by atoms with van der Waals surface area (Å²) in [4.78, 5) is 32.5. The van der Waals surface area contributed by atoms with Gasteiger partial charge in [-0.3, -0.25) is 9.59 Å². The van der Waals surface area contributed by atoms with E-state index in [1.807, 2.05) is 20.8 Å². The van der Waals surface area contributed by atoms with Crippen LogP contribution >= 0.6 is 0 Å². The monoisotopic (exact) mass is 361 g/mol. The predicted octanol–water partition coefficient (Wildman–Crippen LogP) is 3.06. The van der Waals surface area contributed by atoms with Crippen LogP contribution in [0.2, 0.25) is 0 Å². The van der Waals surface area contributed by atoms with E-state index in [4.69, 9.17) is 4.74 Å². The molecule has 0 unspecified atom stereocenters. The minimum atomic E-state index is -0.350. The summed E-state index contributed by atoms with van der Waals surface area (Å²) in [5, 5.41) is 3.13. The van der Waals surface area contributed by atoms with Gasteiger partial charge in [0.25, 0.3) is 11.5 Å². The number of hydrogen-bond donors (Lipinski definition) is 2. The Labute approximate surface area is 155 Å². The van der Waals surface area contributed by atoms with E-state index in [2.05, 4.69) is 15.3 Å². The fourth-order valence-electron chi connectivity index (χ4n) is 4.64. The molecule has 2 aliphatic carbocycles. The largest absolute Gasteiger partial charge is 0.378 e. The van der Waals surface area contributed by atoms with Crippen LogP contribution in [0, 0.1) is 12.3 Å². The third-order valence-corrected chi connectivity index (χ3v) is 6.14. The highest BCUT2D eigenvalue weighted by molar-refractivity contribution is 5.95. The molecular weight excluding hydrogens is 330 g/mol. The van der Waals surface area contributed by atoms with Gasteiger partial charge in [-0.1, -0.05) is 33.1 Å². The van der Waals surface area contributed by atoms with E-state index in [1.54, 1.807) is 6.92 Å². The number of aromatic amines is 1. The normalized spacial score (nSPS) is 24.5. The van der Waals surface area contributed by atoms with Crippen molar-refractivity contribution in [2.75, 3.05) is 6.61 Å². The van der Waals surface area contributed by atoms with Gasteiger partial charge >= 0.3 is 0 Å². The lowest BCUT2D eigenvalue weighted by Gasteiger charge is -2.57. The van der Waals surface area contributed by atoms with E-state index in [9.17, 15) is 9.59 Å². The molecule has 2 fully saturated rings. The number of ether oxygens (including phenoxy) is 1. The molecule has 1 amide bonds. The highest BCUT2D eigenvalue weighted by Gasteiger charge is 2.56. The molecule has 2 N–H and O–H groups in total. The number of nitrogens with zero attached hydrogens (tertiary/aromatic N) is 1. The number of aromatic nitrogens is 2. The summed E-state index contributed by atoms with van der Waals surface area (Å²) in [6.07, 6.45) is 6.83. The number of aryl methyl sites for hydroxylation is 1. The minimum absolute atomic E-state index is 0.0376. The topological polar surface area (TPSA) is 84.1 Å². The number of H-pyrrole nitrogens is 1. The lowest BCUT2D eigenvalue weighted by molar-refractivity contribution is -0.146. The molecule has 3 rings (SSSR count). The van der Waals surface area contributed by atoms with E-state index >= 15 is 0 Å². The molecule has 1 aromatic heterocycles. The van der Waals surface area contributed by atoms with Gasteiger partial charge in [0.15, 0.2) is 0 Å². The van der Waals surface area contributed by atoms with Crippen LogP contribution in [0.25, 0.3) is 0 Å². The molecule has 2 aliphatic rings. The number of carbonyl (C=O) groups is 1. The first-order chi connectivity index (χ1) is 12.4. The Morgan fingerprint density at radius 3 is 2.62 bits per heavy atom. The number of carbonyl (C=O) groups excluding carboxylic acids is 1.